The molecule has 1 aromatic carbocycles. The second-order valence-electron chi connectivity index (χ2n) is 14.7. The Labute approximate surface area is 316 Å². The molecule has 0 bridgehead atoms. The Morgan fingerprint density at radius 3 is 2.61 bits per heavy atom. The highest BCUT2D eigenvalue weighted by molar-refractivity contribution is 5.84. The maximum absolute atomic E-state index is 13.1. The molecule has 3 saturated heterocycles. The van der Waals surface area contributed by atoms with E-state index in [1.54, 1.807) is 24.0 Å². The summed E-state index contributed by atoms with van der Waals surface area (Å²) in [4.78, 5) is 64.8. The van der Waals surface area contributed by atoms with E-state index < -0.39 is 48.3 Å². The average molecular weight is 761 g/mol. The van der Waals surface area contributed by atoms with Gasteiger partial charge in [0, 0.05) is 58.3 Å². The first kappa shape index (κ1) is 40.9. The summed E-state index contributed by atoms with van der Waals surface area (Å²) in [7, 11) is 0. The highest BCUT2D eigenvalue weighted by Crippen LogP contribution is 2.41. The van der Waals surface area contributed by atoms with Crippen LogP contribution in [0.2, 0.25) is 0 Å². The number of hydrogen-bond donors (Lipinski definition) is 3. The molecule has 5 atom stereocenters. The number of amides is 4. The minimum atomic E-state index is -1.13. The number of benzene rings is 1. The van der Waals surface area contributed by atoms with Crippen LogP contribution < -0.4 is 25.4 Å². The number of nitrogens with zero attached hydrogens (tertiary/aromatic N) is 1. The van der Waals surface area contributed by atoms with E-state index in [0.29, 0.717) is 76.0 Å². The van der Waals surface area contributed by atoms with Gasteiger partial charge >= 0.3 is 18.2 Å². The molecule has 3 fully saturated rings. The molecular formula is C38H56N4O12. The van der Waals surface area contributed by atoms with E-state index >= 15 is 0 Å². The van der Waals surface area contributed by atoms with Crippen molar-refractivity contribution in [3.05, 3.63) is 23.8 Å². The molecule has 300 valence electrons. The standard InChI is InChI=1S/C38H56N4O12/c1-4-48-35(45)30(18-25(2)3)41-33(43)13-11-27-20-29(52-37(47)40-22-26-10-12-31-32(19-26)51-24-50-31)21-38(53-27)14-5-8-28(54-38)23-49-36(46)39-15-7-17-42-16-6-9-34(42)44/h10,12,19,25,27-30H,4-9,11,13-18,20-24H2,1-3H3,(H,39,46)(H,40,47)(H,41,43)/t27?,28?,29?,30-,38?/m0/s1. The lowest BCUT2D eigenvalue weighted by Gasteiger charge is -2.47. The van der Waals surface area contributed by atoms with Gasteiger partial charge in [-0.05, 0) is 69.1 Å². The average Bonchev–Trinajstić information content (AvgIpc) is 3.78. The molecule has 0 radical (unpaired) electrons. The van der Waals surface area contributed by atoms with Crippen LogP contribution in [-0.2, 0) is 44.6 Å². The highest BCUT2D eigenvalue weighted by Gasteiger charge is 2.47. The van der Waals surface area contributed by atoms with Crippen LogP contribution in [0.3, 0.4) is 0 Å². The van der Waals surface area contributed by atoms with Crippen molar-refractivity contribution < 1.29 is 57.1 Å². The summed E-state index contributed by atoms with van der Waals surface area (Å²) >= 11 is 0. The van der Waals surface area contributed by atoms with Crippen LogP contribution in [0.5, 0.6) is 11.5 Å². The van der Waals surface area contributed by atoms with Gasteiger partial charge in [-0.2, -0.15) is 0 Å². The second kappa shape index (κ2) is 19.9. The minimum absolute atomic E-state index is 0.00126. The van der Waals surface area contributed by atoms with E-state index in [-0.39, 0.29) is 57.1 Å². The number of likely N-dealkylation sites (tertiary alicyclic amines) is 1. The molecule has 0 aliphatic carbocycles. The predicted octanol–water partition coefficient (Wildman–Crippen LogP) is 4.07. The molecule has 3 N–H and O–H groups in total. The predicted molar refractivity (Wildman–Crippen MR) is 192 cm³/mol. The van der Waals surface area contributed by atoms with Crippen molar-refractivity contribution in [1.29, 1.82) is 0 Å². The summed E-state index contributed by atoms with van der Waals surface area (Å²) in [5.74, 6) is -0.345. The molecule has 4 amide bonds. The van der Waals surface area contributed by atoms with Crippen molar-refractivity contribution in [3.63, 3.8) is 0 Å². The number of nitrogens with one attached hydrogen (secondary N) is 3. The summed E-state index contributed by atoms with van der Waals surface area (Å²) in [5, 5.41) is 8.36. The Morgan fingerprint density at radius 2 is 1.83 bits per heavy atom. The Balaban J connectivity index is 1.16. The topological polar surface area (TPSA) is 189 Å². The number of hydrogen-bond acceptors (Lipinski definition) is 12. The van der Waals surface area contributed by atoms with Crippen LogP contribution in [0.15, 0.2) is 18.2 Å². The van der Waals surface area contributed by atoms with Crippen molar-refractivity contribution in [2.45, 2.75) is 128 Å². The molecule has 5 rings (SSSR count). The van der Waals surface area contributed by atoms with Gasteiger partial charge in [0.2, 0.25) is 18.6 Å². The van der Waals surface area contributed by atoms with Gasteiger partial charge < -0.3 is 54.0 Å². The number of esters is 1. The Bertz CT molecular complexity index is 1460. The van der Waals surface area contributed by atoms with Gasteiger partial charge in [0.05, 0.1) is 18.8 Å². The van der Waals surface area contributed by atoms with Gasteiger partial charge in [-0.25, -0.2) is 14.4 Å². The van der Waals surface area contributed by atoms with Gasteiger partial charge in [-0.1, -0.05) is 19.9 Å². The second-order valence-corrected chi connectivity index (χ2v) is 14.7. The largest absolute Gasteiger partial charge is 0.464 e. The zero-order chi connectivity index (χ0) is 38.5. The molecule has 16 heteroatoms. The zero-order valence-corrected chi connectivity index (χ0v) is 31.7. The fourth-order valence-corrected chi connectivity index (χ4v) is 7.29. The number of rotatable bonds is 17. The molecule has 4 aliphatic rings. The van der Waals surface area contributed by atoms with E-state index in [9.17, 15) is 24.0 Å². The zero-order valence-electron chi connectivity index (χ0n) is 31.7. The summed E-state index contributed by atoms with van der Waals surface area (Å²) in [6.45, 7) is 7.96. The number of carbonyl (C=O) groups excluding carboxylic acids is 5. The van der Waals surface area contributed by atoms with E-state index in [1.807, 2.05) is 19.9 Å². The lowest BCUT2D eigenvalue weighted by molar-refractivity contribution is -0.329. The molecule has 1 aromatic rings. The smallest absolute Gasteiger partial charge is 0.407 e. The summed E-state index contributed by atoms with van der Waals surface area (Å²) in [6.07, 6.45) is 2.58. The van der Waals surface area contributed by atoms with E-state index in [4.69, 9.17) is 33.2 Å². The third-order valence-corrected chi connectivity index (χ3v) is 9.81. The molecular weight excluding hydrogens is 704 g/mol. The molecule has 4 unspecified atom stereocenters. The molecule has 4 heterocycles. The maximum atomic E-state index is 13.1. The van der Waals surface area contributed by atoms with Gasteiger partial charge in [0.25, 0.3) is 0 Å². The van der Waals surface area contributed by atoms with Crippen molar-refractivity contribution in [2.75, 3.05) is 39.6 Å². The fourth-order valence-electron chi connectivity index (χ4n) is 7.29. The fraction of sp³-hybridized carbons (Fsp3) is 0.711. The number of ether oxygens (including phenoxy) is 7. The normalized spacial score (nSPS) is 23.9. The van der Waals surface area contributed by atoms with Crippen LogP contribution in [0, 0.1) is 5.92 Å². The van der Waals surface area contributed by atoms with Crippen molar-refractivity contribution >= 4 is 30.0 Å². The Morgan fingerprint density at radius 1 is 1.02 bits per heavy atom. The van der Waals surface area contributed by atoms with Gasteiger partial charge in [-0.15, -0.1) is 0 Å². The first-order valence-electron chi connectivity index (χ1n) is 19.3. The number of alkyl carbamates (subject to hydrolysis) is 2. The molecule has 1 spiro atoms. The maximum Gasteiger partial charge on any atom is 0.407 e. The highest BCUT2D eigenvalue weighted by atomic mass is 16.7. The molecule has 0 aromatic heterocycles. The third-order valence-electron chi connectivity index (χ3n) is 9.81. The van der Waals surface area contributed by atoms with Crippen LogP contribution >= 0.6 is 0 Å². The van der Waals surface area contributed by atoms with Crippen molar-refractivity contribution in [3.8, 4) is 11.5 Å². The van der Waals surface area contributed by atoms with Gasteiger partial charge in [0.15, 0.2) is 17.3 Å². The lowest BCUT2D eigenvalue weighted by Crippen LogP contribution is -2.54. The quantitative estimate of drug-likeness (QED) is 0.118. The lowest BCUT2D eigenvalue weighted by atomic mass is 9.90. The Kier molecular flexibility index (Phi) is 15.0. The van der Waals surface area contributed by atoms with Crippen LogP contribution in [0.1, 0.15) is 97.0 Å². The minimum Gasteiger partial charge on any atom is -0.464 e. The van der Waals surface area contributed by atoms with E-state index in [2.05, 4.69) is 16.0 Å². The Hall–Kier alpha value is -4.31. The molecule has 0 saturated carbocycles. The summed E-state index contributed by atoms with van der Waals surface area (Å²) in [6, 6.07) is 4.67. The van der Waals surface area contributed by atoms with Crippen LogP contribution in [-0.4, -0.2) is 105 Å². The van der Waals surface area contributed by atoms with Gasteiger partial charge in [-0.3, -0.25) is 9.59 Å². The molecule has 54 heavy (non-hydrogen) atoms. The van der Waals surface area contributed by atoms with E-state index in [0.717, 1.165) is 18.5 Å². The first-order chi connectivity index (χ1) is 26.0. The van der Waals surface area contributed by atoms with Crippen LogP contribution in [0.25, 0.3) is 0 Å². The van der Waals surface area contributed by atoms with E-state index in [1.165, 1.54) is 0 Å². The summed E-state index contributed by atoms with van der Waals surface area (Å²) in [5.41, 5.74) is 0.811. The number of fused-ring (bicyclic) bond motifs is 1. The van der Waals surface area contributed by atoms with Crippen LogP contribution in [0.4, 0.5) is 9.59 Å². The van der Waals surface area contributed by atoms with Gasteiger partial charge in [0.1, 0.15) is 18.8 Å². The van der Waals surface area contributed by atoms with Crippen molar-refractivity contribution in [2.24, 2.45) is 5.92 Å². The first-order valence-corrected chi connectivity index (χ1v) is 19.3. The monoisotopic (exact) mass is 760 g/mol. The summed E-state index contributed by atoms with van der Waals surface area (Å²) < 4.78 is 40.4. The molecule has 4 aliphatic heterocycles. The SMILES string of the molecule is CCOC(=O)[C@H](CC(C)C)NC(=O)CCC1CC(OC(=O)NCc2ccc3c(c2)OCO3)CC2(CCCC(COC(=O)NCCCN3CCCC3=O)O2)O1. The number of carbonyl (C=O) groups is 5. The third kappa shape index (κ3) is 12.4. The molecule has 16 nitrogen and oxygen atoms in total. The van der Waals surface area contributed by atoms with Crippen molar-refractivity contribution in [1.82, 2.24) is 20.9 Å².